The number of carbonyl (C=O) groups excluding carboxylic acids is 1. The van der Waals surface area contributed by atoms with Gasteiger partial charge in [-0.2, -0.15) is 13.2 Å². The van der Waals surface area contributed by atoms with E-state index in [2.05, 4.69) is 4.98 Å². The van der Waals surface area contributed by atoms with Gasteiger partial charge in [0.2, 0.25) is 0 Å². The minimum absolute atomic E-state index is 0.177. The number of imidazole rings is 1. The second-order valence-corrected chi connectivity index (χ2v) is 8.27. The molecule has 0 atom stereocenters. The van der Waals surface area contributed by atoms with E-state index in [0.717, 1.165) is 10.6 Å². The Morgan fingerprint density at radius 2 is 1.81 bits per heavy atom. The highest BCUT2D eigenvalue weighted by Crippen LogP contribution is 2.32. The van der Waals surface area contributed by atoms with Crippen molar-refractivity contribution in [2.24, 2.45) is 0 Å². The Hall–Kier alpha value is -3.23. The number of hydrogen-bond donors (Lipinski definition) is 0. The summed E-state index contributed by atoms with van der Waals surface area (Å²) in [6, 6.07) is 10.5. The van der Waals surface area contributed by atoms with Crippen LogP contribution in [0.5, 0.6) is 11.5 Å². The summed E-state index contributed by atoms with van der Waals surface area (Å²) in [5.74, 6) is 0.905. The van der Waals surface area contributed by atoms with Crippen LogP contribution in [-0.4, -0.2) is 33.8 Å². The Morgan fingerprint density at radius 1 is 1.12 bits per heavy atom. The molecule has 0 saturated carbocycles. The molecule has 0 aliphatic heterocycles. The number of para-hydroxylation sites is 1. The number of aromatic nitrogens is 2. The predicted molar refractivity (Wildman–Crippen MR) is 115 cm³/mol. The number of ether oxygens (including phenoxy) is 2. The Morgan fingerprint density at radius 3 is 2.41 bits per heavy atom. The van der Waals surface area contributed by atoms with E-state index in [4.69, 9.17) is 9.47 Å². The highest BCUT2D eigenvalue weighted by Gasteiger charge is 2.32. The molecule has 0 N–H and O–H groups in total. The second-order valence-electron chi connectivity index (χ2n) is 8.27. The Kier molecular flexibility index (Phi) is 6.66. The Labute approximate surface area is 184 Å². The van der Waals surface area contributed by atoms with Crippen molar-refractivity contribution in [3.05, 3.63) is 54.5 Å². The van der Waals surface area contributed by atoms with Crippen molar-refractivity contribution >= 4 is 17.4 Å². The van der Waals surface area contributed by atoms with Gasteiger partial charge in [0.15, 0.2) is 5.65 Å². The van der Waals surface area contributed by atoms with Crippen LogP contribution in [0.4, 0.5) is 23.7 Å². The molecule has 0 fully saturated rings. The third-order valence-corrected chi connectivity index (χ3v) is 4.50. The lowest BCUT2D eigenvalue weighted by atomic mass is 10.2. The number of rotatable bonds is 6. The maximum Gasteiger partial charge on any atom is 0.414 e. The molecule has 2 aromatic heterocycles. The minimum atomic E-state index is -4.45. The molecule has 6 nitrogen and oxygen atoms in total. The molecule has 0 radical (unpaired) electrons. The van der Waals surface area contributed by atoms with Crippen LogP contribution in [-0.2, 0) is 11.2 Å². The van der Waals surface area contributed by atoms with Gasteiger partial charge in [0.05, 0.1) is 18.3 Å². The molecule has 3 rings (SSSR count). The normalized spacial score (nSPS) is 12.1. The van der Waals surface area contributed by atoms with Crippen molar-refractivity contribution in [3.8, 4) is 11.5 Å². The van der Waals surface area contributed by atoms with Gasteiger partial charge in [-0.3, -0.25) is 9.30 Å². The maximum atomic E-state index is 13.0. The van der Waals surface area contributed by atoms with Gasteiger partial charge >= 0.3 is 12.3 Å². The van der Waals surface area contributed by atoms with Gasteiger partial charge in [-0.25, -0.2) is 9.78 Å². The number of carbonyl (C=O) groups is 1. The highest BCUT2D eigenvalue weighted by atomic mass is 19.4. The second kappa shape index (κ2) is 9.10. The molecule has 0 aliphatic rings. The lowest BCUT2D eigenvalue weighted by Crippen LogP contribution is -2.39. The first kappa shape index (κ1) is 23.4. The average molecular weight is 449 g/mol. The summed E-state index contributed by atoms with van der Waals surface area (Å²) in [6.07, 6.45) is -2.56. The quantitative estimate of drug-likeness (QED) is 0.438. The number of hydrogen-bond acceptors (Lipinski definition) is 4. The summed E-state index contributed by atoms with van der Waals surface area (Å²) in [6.45, 7) is 6.28. The van der Waals surface area contributed by atoms with Crippen LogP contribution in [0.25, 0.3) is 5.65 Å². The largest absolute Gasteiger partial charge is 0.456 e. The molecule has 172 valence electrons. The van der Waals surface area contributed by atoms with Gasteiger partial charge in [-0.15, -0.1) is 0 Å². The molecule has 1 aromatic carbocycles. The lowest BCUT2D eigenvalue weighted by molar-refractivity contribution is -0.132. The minimum Gasteiger partial charge on any atom is -0.456 e. The summed E-state index contributed by atoms with van der Waals surface area (Å²) in [5, 5.41) is 0. The van der Waals surface area contributed by atoms with E-state index in [0.29, 0.717) is 23.6 Å². The van der Waals surface area contributed by atoms with E-state index < -0.39 is 30.8 Å². The van der Waals surface area contributed by atoms with Crippen molar-refractivity contribution in [1.29, 1.82) is 0 Å². The van der Waals surface area contributed by atoms with E-state index in [1.165, 1.54) is 6.07 Å². The number of anilines is 1. The average Bonchev–Trinajstić information content (AvgIpc) is 3.09. The van der Waals surface area contributed by atoms with Crippen molar-refractivity contribution in [2.45, 2.75) is 52.3 Å². The summed E-state index contributed by atoms with van der Waals surface area (Å²) in [4.78, 5) is 18.3. The zero-order chi connectivity index (χ0) is 23.5. The number of aryl methyl sites for hydroxylation is 1. The first-order chi connectivity index (χ1) is 15.0. The van der Waals surface area contributed by atoms with E-state index >= 15 is 0 Å². The smallest absolute Gasteiger partial charge is 0.414 e. The third-order valence-electron chi connectivity index (χ3n) is 4.50. The number of alkyl halides is 3. The summed E-state index contributed by atoms with van der Waals surface area (Å²) in [7, 11) is 0. The van der Waals surface area contributed by atoms with E-state index in [1.807, 2.05) is 13.0 Å². The van der Waals surface area contributed by atoms with Gasteiger partial charge in [0, 0.05) is 24.5 Å². The molecule has 0 unspecified atom stereocenters. The molecule has 0 bridgehead atoms. The van der Waals surface area contributed by atoms with E-state index in [-0.39, 0.29) is 5.69 Å². The predicted octanol–water partition coefficient (Wildman–Crippen LogP) is 6.38. The molecule has 0 saturated heterocycles. The molecule has 0 spiro atoms. The van der Waals surface area contributed by atoms with Crippen LogP contribution >= 0.6 is 0 Å². The number of pyridine rings is 1. The van der Waals surface area contributed by atoms with Gasteiger partial charge in [-0.05, 0) is 39.3 Å². The Balaban J connectivity index is 2.11. The van der Waals surface area contributed by atoms with Crippen LogP contribution in [0.2, 0.25) is 0 Å². The fourth-order valence-corrected chi connectivity index (χ4v) is 3.10. The van der Waals surface area contributed by atoms with Gasteiger partial charge in [0.25, 0.3) is 0 Å². The first-order valence-corrected chi connectivity index (χ1v) is 10.3. The summed E-state index contributed by atoms with van der Waals surface area (Å²) < 4.78 is 52.2. The van der Waals surface area contributed by atoms with Gasteiger partial charge in [0.1, 0.15) is 17.1 Å². The van der Waals surface area contributed by atoms with Crippen molar-refractivity contribution in [3.63, 3.8) is 0 Å². The molecule has 2 heterocycles. The van der Waals surface area contributed by atoms with Crippen LogP contribution in [0, 0.1) is 0 Å². The van der Waals surface area contributed by atoms with E-state index in [9.17, 15) is 18.0 Å². The van der Waals surface area contributed by atoms with E-state index in [1.54, 1.807) is 61.8 Å². The molecule has 0 aliphatic carbocycles. The topological polar surface area (TPSA) is 56.1 Å². The lowest BCUT2D eigenvalue weighted by Gasteiger charge is -2.28. The van der Waals surface area contributed by atoms with Gasteiger partial charge in [-0.1, -0.05) is 25.1 Å². The summed E-state index contributed by atoms with van der Waals surface area (Å²) >= 11 is 0. The fraction of sp³-hybridized carbons (Fsp3) is 0.391. The molecular formula is C23H26F3N3O3. The maximum absolute atomic E-state index is 13.0. The molecule has 9 heteroatoms. The Bertz CT molecular complexity index is 1070. The zero-order valence-corrected chi connectivity index (χ0v) is 18.4. The van der Waals surface area contributed by atoms with Crippen LogP contribution < -0.4 is 9.64 Å². The zero-order valence-electron chi connectivity index (χ0n) is 18.4. The molecule has 3 aromatic rings. The molecule has 1 amide bonds. The van der Waals surface area contributed by atoms with Crippen LogP contribution in [0.1, 0.15) is 39.8 Å². The summed E-state index contributed by atoms with van der Waals surface area (Å²) in [5.41, 5.74) is 0.457. The molecule has 32 heavy (non-hydrogen) atoms. The number of halogens is 3. The number of amides is 1. The van der Waals surface area contributed by atoms with Crippen LogP contribution in [0.3, 0.4) is 0 Å². The standard InChI is InChI=1S/C23H26F3N3O3/c1-5-16-14-27-20-19(13-18(15-29(16)20)31-17-9-7-6-8-10-17)28(12-11-23(24,25)26)21(30)32-22(2,3)4/h6-10,13-15H,5,11-12H2,1-4H3. The van der Waals surface area contributed by atoms with Crippen LogP contribution in [0.15, 0.2) is 48.8 Å². The SMILES string of the molecule is CCc1cnc2c(N(CCC(F)(F)F)C(=O)OC(C)(C)C)cc(Oc3ccccc3)cn12. The van der Waals surface area contributed by atoms with Crippen molar-refractivity contribution < 1.29 is 27.4 Å². The first-order valence-electron chi connectivity index (χ1n) is 10.3. The molecular weight excluding hydrogens is 423 g/mol. The fourth-order valence-electron chi connectivity index (χ4n) is 3.10. The third kappa shape index (κ3) is 5.93. The number of fused-ring (bicyclic) bond motifs is 1. The number of benzene rings is 1. The number of nitrogens with zero attached hydrogens (tertiary/aromatic N) is 3. The monoisotopic (exact) mass is 449 g/mol. The van der Waals surface area contributed by atoms with Crippen molar-refractivity contribution in [2.75, 3.05) is 11.4 Å². The van der Waals surface area contributed by atoms with Crippen molar-refractivity contribution in [1.82, 2.24) is 9.38 Å². The van der Waals surface area contributed by atoms with Gasteiger partial charge < -0.3 is 9.47 Å². The highest BCUT2D eigenvalue weighted by molar-refractivity contribution is 5.93.